The fraction of sp³-hybridized carbons (Fsp3) is 0.276. The highest BCUT2D eigenvalue weighted by Crippen LogP contribution is 2.35. The van der Waals surface area contributed by atoms with Crippen LogP contribution in [0.25, 0.3) is 11.2 Å². The third-order valence-electron chi connectivity index (χ3n) is 6.62. The van der Waals surface area contributed by atoms with Gasteiger partial charge in [0.05, 0.1) is 17.4 Å². The molecule has 0 unspecified atom stereocenters. The molecule has 200 valence electrons. The van der Waals surface area contributed by atoms with E-state index >= 15 is 0 Å². The average molecular weight is 534 g/mol. The maximum absolute atomic E-state index is 13.6. The molecule has 39 heavy (non-hydrogen) atoms. The normalized spacial score (nSPS) is 17.1. The molecule has 2 aromatic heterocycles. The van der Waals surface area contributed by atoms with E-state index in [0.717, 1.165) is 42.6 Å². The van der Waals surface area contributed by atoms with E-state index in [1.54, 1.807) is 30.7 Å². The Bertz CT molecular complexity index is 1590. The van der Waals surface area contributed by atoms with Crippen molar-refractivity contribution in [3.63, 3.8) is 0 Å². The van der Waals surface area contributed by atoms with Crippen LogP contribution in [-0.4, -0.2) is 39.5 Å². The molecular weight excluding hydrogens is 507 g/mol. The molecule has 0 aliphatic carbocycles. The summed E-state index contributed by atoms with van der Waals surface area (Å²) in [7, 11) is 0. The summed E-state index contributed by atoms with van der Waals surface area (Å²) in [6, 6.07) is 10.0. The number of aryl methyl sites for hydroxylation is 1. The number of hydrogen-bond acceptors (Lipinski definition) is 5. The SMILES string of the molecule is Cc1ccc(C(=O)Nc2cc(OC[C@]3(C)CCCN3)cc(C(F)(F)F)c2)cc1C#Cc1cnc2nc[nH]c2c1. The van der Waals surface area contributed by atoms with Gasteiger partial charge in [-0.25, -0.2) is 9.97 Å². The fourth-order valence-electron chi connectivity index (χ4n) is 4.38. The lowest BCUT2D eigenvalue weighted by molar-refractivity contribution is -0.137. The Labute approximate surface area is 223 Å². The summed E-state index contributed by atoms with van der Waals surface area (Å²) in [6.07, 6.45) is 0.396. The van der Waals surface area contributed by atoms with Gasteiger partial charge in [0.25, 0.3) is 5.91 Å². The molecule has 1 aliphatic rings. The number of carbonyl (C=O) groups is 1. The number of halogens is 3. The summed E-state index contributed by atoms with van der Waals surface area (Å²) in [6.45, 7) is 4.88. The lowest BCUT2D eigenvalue weighted by atomic mass is 10.0. The van der Waals surface area contributed by atoms with Crippen molar-refractivity contribution in [3.05, 3.63) is 82.8 Å². The molecule has 1 atom stereocenters. The number of ether oxygens (including phenoxy) is 1. The Kier molecular flexibility index (Phi) is 7.02. The van der Waals surface area contributed by atoms with Gasteiger partial charge in [-0.15, -0.1) is 0 Å². The van der Waals surface area contributed by atoms with E-state index in [2.05, 4.69) is 37.4 Å². The van der Waals surface area contributed by atoms with Crippen molar-refractivity contribution >= 4 is 22.8 Å². The predicted molar refractivity (Wildman–Crippen MR) is 142 cm³/mol. The minimum absolute atomic E-state index is 0.0125. The summed E-state index contributed by atoms with van der Waals surface area (Å²) < 4.78 is 46.6. The first-order valence-corrected chi connectivity index (χ1v) is 12.4. The number of pyridine rings is 1. The molecule has 5 rings (SSSR count). The van der Waals surface area contributed by atoms with Crippen LogP contribution in [0.1, 0.15) is 52.4 Å². The maximum Gasteiger partial charge on any atom is 0.416 e. The summed E-state index contributed by atoms with van der Waals surface area (Å²) in [4.78, 5) is 24.3. The number of alkyl halides is 3. The van der Waals surface area contributed by atoms with Crippen molar-refractivity contribution in [2.24, 2.45) is 0 Å². The van der Waals surface area contributed by atoms with Gasteiger partial charge < -0.3 is 20.4 Å². The van der Waals surface area contributed by atoms with Gasteiger partial charge in [-0.2, -0.15) is 13.2 Å². The lowest BCUT2D eigenvalue weighted by Crippen LogP contribution is -2.42. The fourth-order valence-corrected chi connectivity index (χ4v) is 4.38. The van der Waals surface area contributed by atoms with Gasteiger partial charge in [-0.05, 0) is 69.1 Å². The van der Waals surface area contributed by atoms with Crippen LogP contribution in [-0.2, 0) is 6.18 Å². The van der Waals surface area contributed by atoms with E-state index < -0.39 is 17.6 Å². The highest BCUT2D eigenvalue weighted by molar-refractivity contribution is 6.04. The molecular formula is C29H26F3N5O2. The van der Waals surface area contributed by atoms with E-state index in [1.165, 1.54) is 6.07 Å². The number of amides is 1. The van der Waals surface area contributed by atoms with Crippen molar-refractivity contribution in [1.29, 1.82) is 0 Å². The van der Waals surface area contributed by atoms with Crippen LogP contribution in [0.15, 0.2) is 55.0 Å². The van der Waals surface area contributed by atoms with Gasteiger partial charge in [0, 0.05) is 40.2 Å². The van der Waals surface area contributed by atoms with Gasteiger partial charge in [-0.3, -0.25) is 4.79 Å². The van der Waals surface area contributed by atoms with Crippen LogP contribution < -0.4 is 15.4 Å². The maximum atomic E-state index is 13.6. The Morgan fingerprint density at radius 2 is 2.00 bits per heavy atom. The van der Waals surface area contributed by atoms with Gasteiger partial charge in [-0.1, -0.05) is 17.9 Å². The zero-order valence-corrected chi connectivity index (χ0v) is 21.4. The number of nitrogens with zero attached hydrogens (tertiary/aromatic N) is 2. The Balaban J connectivity index is 1.36. The molecule has 10 heteroatoms. The van der Waals surface area contributed by atoms with E-state index in [0.29, 0.717) is 16.8 Å². The molecule has 1 fully saturated rings. The number of aromatic nitrogens is 3. The van der Waals surface area contributed by atoms with Gasteiger partial charge in [0.2, 0.25) is 0 Å². The minimum atomic E-state index is -4.60. The molecule has 0 bridgehead atoms. The van der Waals surface area contributed by atoms with Crippen molar-refractivity contribution < 1.29 is 22.7 Å². The summed E-state index contributed by atoms with van der Waals surface area (Å²) in [5.74, 6) is 5.56. The number of carbonyl (C=O) groups excluding carboxylic acids is 1. The predicted octanol–water partition coefficient (Wildman–Crippen LogP) is 5.46. The summed E-state index contributed by atoms with van der Waals surface area (Å²) in [5, 5.41) is 5.90. The number of H-pyrrole nitrogens is 1. The summed E-state index contributed by atoms with van der Waals surface area (Å²) >= 11 is 0. The smallest absolute Gasteiger partial charge is 0.416 e. The molecule has 0 saturated carbocycles. The number of fused-ring (bicyclic) bond motifs is 1. The van der Waals surface area contributed by atoms with Crippen LogP contribution in [0.3, 0.4) is 0 Å². The van der Waals surface area contributed by atoms with Crippen molar-refractivity contribution in [1.82, 2.24) is 20.3 Å². The topological polar surface area (TPSA) is 91.9 Å². The van der Waals surface area contributed by atoms with Crippen LogP contribution in [0.5, 0.6) is 5.75 Å². The Hall–Kier alpha value is -4.36. The molecule has 3 N–H and O–H groups in total. The second kappa shape index (κ2) is 10.4. The highest BCUT2D eigenvalue weighted by atomic mass is 19.4. The van der Waals surface area contributed by atoms with Gasteiger partial charge >= 0.3 is 6.18 Å². The molecule has 1 saturated heterocycles. The number of rotatable bonds is 5. The average Bonchev–Trinajstić information content (AvgIpc) is 3.55. The number of anilines is 1. The highest BCUT2D eigenvalue weighted by Gasteiger charge is 2.33. The number of aromatic amines is 1. The van der Waals surface area contributed by atoms with Gasteiger partial charge in [0.15, 0.2) is 5.65 Å². The molecule has 3 heterocycles. The van der Waals surface area contributed by atoms with Crippen LogP contribution in [0, 0.1) is 18.8 Å². The number of imidazole rings is 1. The molecule has 0 spiro atoms. The van der Waals surface area contributed by atoms with Crippen molar-refractivity contribution in [2.75, 3.05) is 18.5 Å². The third-order valence-corrected chi connectivity index (χ3v) is 6.62. The monoisotopic (exact) mass is 533 g/mol. The van der Waals surface area contributed by atoms with Crippen LogP contribution in [0.4, 0.5) is 18.9 Å². The lowest BCUT2D eigenvalue weighted by Gasteiger charge is -2.25. The summed E-state index contributed by atoms with van der Waals surface area (Å²) in [5.41, 5.74) is 2.49. The van der Waals surface area contributed by atoms with E-state index in [9.17, 15) is 18.0 Å². The largest absolute Gasteiger partial charge is 0.492 e. The molecule has 2 aromatic carbocycles. The van der Waals surface area contributed by atoms with Crippen LogP contribution >= 0.6 is 0 Å². The first-order chi connectivity index (χ1) is 18.6. The Morgan fingerprint density at radius 3 is 2.77 bits per heavy atom. The molecule has 7 nitrogen and oxygen atoms in total. The van der Waals surface area contributed by atoms with Crippen molar-refractivity contribution in [2.45, 2.75) is 38.4 Å². The zero-order chi connectivity index (χ0) is 27.6. The Morgan fingerprint density at radius 1 is 1.15 bits per heavy atom. The second-order valence-corrected chi connectivity index (χ2v) is 9.86. The third kappa shape index (κ3) is 6.21. The van der Waals surface area contributed by atoms with E-state index in [1.807, 2.05) is 19.9 Å². The first-order valence-electron chi connectivity index (χ1n) is 12.4. The number of nitrogens with one attached hydrogen (secondary N) is 3. The van der Waals surface area contributed by atoms with E-state index in [-0.39, 0.29) is 29.1 Å². The molecule has 0 radical (unpaired) electrons. The molecule has 1 aliphatic heterocycles. The van der Waals surface area contributed by atoms with Gasteiger partial charge in [0.1, 0.15) is 12.4 Å². The first kappa shape index (κ1) is 26.3. The van der Waals surface area contributed by atoms with Crippen LogP contribution in [0.2, 0.25) is 0 Å². The van der Waals surface area contributed by atoms with Crippen molar-refractivity contribution in [3.8, 4) is 17.6 Å². The molecule has 4 aromatic rings. The zero-order valence-electron chi connectivity index (χ0n) is 21.4. The quantitative estimate of drug-likeness (QED) is 0.297. The minimum Gasteiger partial charge on any atom is -0.492 e. The number of hydrogen-bond donors (Lipinski definition) is 3. The standard InChI is InChI=1S/C29H26F3N5O2/c1-18-4-6-21(11-20(18)7-5-19-10-25-26(33-15-19)35-17-34-25)27(38)37-23-12-22(29(30,31)32)13-24(14-23)39-16-28(2)8-3-9-36-28/h4,6,10-15,17,36H,3,8-9,16H2,1-2H3,(H,37,38)(H,33,34,35)/t28-/m0/s1. The second-order valence-electron chi connectivity index (χ2n) is 9.86. The van der Waals surface area contributed by atoms with E-state index in [4.69, 9.17) is 4.74 Å². The number of benzene rings is 2. The molecule has 1 amide bonds.